The second kappa shape index (κ2) is 9.42. The monoisotopic (exact) mass is 428 g/mol. The van der Waals surface area contributed by atoms with Crippen molar-refractivity contribution in [3.63, 3.8) is 0 Å². The van der Waals surface area contributed by atoms with Gasteiger partial charge in [-0.25, -0.2) is 4.39 Å². The average Bonchev–Trinajstić information content (AvgIpc) is 2.66. The van der Waals surface area contributed by atoms with Crippen LogP contribution in [0.1, 0.15) is 5.56 Å². The number of methoxy groups -OCH3 is 1. The summed E-state index contributed by atoms with van der Waals surface area (Å²) in [6.45, 7) is 0.0542. The molecule has 0 radical (unpaired) electrons. The first kappa shape index (κ1) is 20.0. The topological polar surface area (TPSA) is 71.3 Å². The van der Waals surface area contributed by atoms with Gasteiger partial charge >= 0.3 is 0 Å². The molecule has 0 spiro atoms. The van der Waals surface area contributed by atoms with Gasteiger partial charge in [0.15, 0.2) is 11.5 Å². The minimum absolute atomic E-state index is 0.0135. The third kappa shape index (κ3) is 5.10. The number of carbonyl (C=O) groups excluding carboxylic acids is 1. The zero-order chi connectivity index (χ0) is 19.8. The van der Waals surface area contributed by atoms with Gasteiger partial charge < -0.3 is 14.8 Å². The first-order valence-electron chi connectivity index (χ1n) is 7.61. The van der Waals surface area contributed by atoms with Gasteiger partial charge in [-0.3, -0.25) is 4.79 Å². The van der Waals surface area contributed by atoms with Crippen molar-refractivity contribution in [3.05, 3.63) is 57.8 Å². The second-order valence-electron chi connectivity index (χ2n) is 5.13. The quantitative estimate of drug-likeness (QED) is 0.426. The van der Waals surface area contributed by atoms with Gasteiger partial charge in [-0.15, -0.1) is 6.42 Å². The molecule has 0 aliphatic heterocycles. The van der Waals surface area contributed by atoms with Crippen molar-refractivity contribution >= 4 is 33.6 Å². The number of amides is 1. The molecule has 0 unspecified atom stereocenters. The van der Waals surface area contributed by atoms with E-state index in [1.807, 2.05) is 6.07 Å². The maximum Gasteiger partial charge on any atom is 0.266 e. The average molecular weight is 429 g/mol. The number of benzene rings is 2. The van der Waals surface area contributed by atoms with Crippen LogP contribution in [0.3, 0.4) is 0 Å². The van der Waals surface area contributed by atoms with Crippen molar-refractivity contribution in [3.8, 4) is 29.9 Å². The minimum Gasteiger partial charge on any atom is -0.493 e. The lowest BCUT2D eigenvalue weighted by molar-refractivity contribution is -0.112. The molecule has 5 nitrogen and oxygen atoms in total. The molecule has 2 aromatic rings. The molecule has 27 heavy (non-hydrogen) atoms. The third-order valence-corrected chi connectivity index (χ3v) is 3.94. The van der Waals surface area contributed by atoms with E-state index in [-0.39, 0.29) is 17.9 Å². The zero-order valence-corrected chi connectivity index (χ0v) is 15.8. The summed E-state index contributed by atoms with van der Waals surface area (Å²) in [5, 5.41) is 11.7. The Morgan fingerprint density at radius 3 is 2.78 bits per heavy atom. The van der Waals surface area contributed by atoms with Crippen LogP contribution >= 0.6 is 15.9 Å². The van der Waals surface area contributed by atoms with Crippen molar-refractivity contribution in [2.24, 2.45) is 0 Å². The van der Waals surface area contributed by atoms with Gasteiger partial charge in [0.25, 0.3) is 5.91 Å². The SMILES string of the molecule is C#CCOc1c(Br)cc(/C=C(\C#N)C(=O)Nc2ccccc2F)cc1OC. The van der Waals surface area contributed by atoms with Gasteiger partial charge in [0.1, 0.15) is 24.1 Å². The van der Waals surface area contributed by atoms with Crippen molar-refractivity contribution < 1.29 is 18.7 Å². The van der Waals surface area contributed by atoms with Crippen LogP contribution in [0.2, 0.25) is 0 Å². The molecular formula is C20H14BrFN2O3. The van der Waals surface area contributed by atoms with Gasteiger partial charge in [0.2, 0.25) is 0 Å². The first-order chi connectivity index (χ1) is 13.0. The highest BCUT2D eigenvalue weighted by Gasteiger charge is 2.14. The largest absolute Gasteiger partial charge is 0.493 e. The summed E-state index contributed by atoms with van der Waals surface area (Å²) in [5.74, 6) is 1.81. The van der Waals surface area contributed by atoms with Crippen LogP contribution in [0, 0.1) is 29.5 Å². The molecule has 136 valence electrons. The fourth-order valence-corrected chi connectivity index (χ4v) is 2.72. The number of anilines is 1. The second-order valence-corrected chi connectivity index (χ2v) is 5.99. The number of ether oxygens (including phenoxy) is 2. The van der Waals surface area contributed by atoms with Gasteiger partial charge in [0.05, 0.1) is 17.3 Å². The number of terminal acetylenes is 1. The van der Waals surface area contributed by atoms with Crippen LogP contribution in [0.15, 0.2) is 46.4 Å². The molecule has 0 aromatic heterocycles. The Morgan fingerprint density at radius 1 is 1.41 bits per heavy atom. The number of carbonyl (C=O) groups is 1. The number of nitrogens with zero attached hydrogens (tertiary/aromatic N) is 1. The summed E-state index contributed by atoms with van der Waals surface area (Å²) in [6.07, 6.45) is 6.55. The highest BCUT2D eigenvalue weighted by Crippen LogP contribution is 2.37. The summed E-state index contributed by atoms with van der Waals surface area (Å²) in [6, 6.07) is 10.7. The Hall–Kier alpha value is -3.29. The van der Waals surface area contributed by atoms with E-state index in [2.05, 4.69) is 27.2 Å². The lowest BCUT2D eigenvalue weighted by Crippen LogP contribution is -2.14. The smallest absolute Gasteiger partial charge is 0.266 e. The summed E-state index contributed by atoms with van der Waals surface area (Å²) in [4.78, 5) is 12.3. The molecule has 1 N–H and O–H groups in total. The molecule has 2 rings (SSSR count). The molecule has 1 amide bonds. The summed E-state index contributed by atoms with van der Waals surface area (Å²) < 4.78 is 24.9. The molecule has 0 saturated carbocycles. The van der Waals surface area contributed by atoms with Crippen LogP contribution in [0.4, 0.5) is 10.1 Å². The van der Waals surface area contributed by atoms with Crippen molar-refractivity contribution in [2.75, 3.05) is 19.0 Å². The summed E-state index contributed by atoms with van der Waals surface area (Å²) >= 11 is 3.35. The van der Waals surface area contributed by atoms with E-state index in [1.165, 1.54) is 31.4 Å². The molecular weight excluding hydrogens is 415 g/mol. The number of halogens is 2. The number of nitriles is 1. The Balaban J connectivity index is 2.33. The predicted molar refractivity (Wildman–Crippen MR) is 104 cm³/mol. The minimum atomic E-state index is -0.731. The van der Waals surface area contributed by atoms with Gasteiger partial charge in [-0.2, -0.15) is 5.26 Å². The lowest BCUT2D eigenvalue weighted by atomic mass is 10.1. The fourth-order valence-electron chi connectivity index (χ4n) is 2.14. The zero-order valence-electron chi connectivity index (χ0n) is 14.3. The predicted octanol–water partition coefficient (Wildman–Crippen LogP) is 4.15. The molecule has 0 aliphatic carbocycles. The van der Waals surface area contributed by atoms with Crippen molar-refractivity contribution in [1.29, 1.82) is 5.26 Å². The Morgan fingerprint density at radius 2 is 2.15 bits per heavy atom. The Labute approximate surface area is 164 Å². The van der Waals surface area contributed by atoms with E-state index in [9.17, 15) is 14.4 Å². The molecule has 0 fully saturated rings. The molecule has 0 heterocycles. The maximum absolute atomic E-state index is 13.7. The van der Waals surface area contributed by atoms with Crippen LogP contribution < -0.4 is 14.8 Å². The number of hydrogen-bond donors (Lipinski definition) is 1. The Kier molecular flexibility index (Phi) is 6.99. The molecule has 0 saturated heterocycles. The number of para-hydroxylation sites is 1. The van der Waals surface area contributed by atoms with Gasteiger partial charge in [-0.1, -0.05) is 18.1 Å². The highest BCUT2D eigenvalue weighted by atomic mass is 79.9. The third-order valence-electron chi connectivity index (χ3n) is 3.35. The van der Waals surface area contributed by atoms with Gasteiger partial charge in [0, 0.05) is 0 Å². The molecule has 0 bridgehead atoms. The molecule has 7 heteroatoms. The van der Waals surface area contributed by atoms with Crippen molar-refractivity contribution in [2.45, 2.75) is 0 Å². The molecule has 0 atom stereocenters. The lowest BCUT2D eigenvalue weighted by Gasteiger charge is -2.12. The normalized spacial score (nSPS) is 10.5. The number of hydrogen-bond acceptors (Lipinski definition) is 4. The summed E-state index contributed by atoms with van der Waals surface area (Å²) in [7, 11) is 1.45. The Bertz CT molecular complexity index is 974. The van der Waals surface area contributed by atoms with Crippen molar-refractivity contribution in [1.82, 2.24) is 0 Å². The van der Waals surface area contributed by atoms with Crippen LogP contribution in [0.25, 0.3) is 6.08 Å². The molecule has 0 aliphatic rings. The van der Waals surface area contributed by atoms with Crippen LogP contribution in [-0.4, -0.2) is 19.6 Å². The number of rotatable bonds is 6. The summed E-state index contributed by atoms with van der Waals surface area (Å²) in [5.41, 5.74) is 0.289. The van der Waals surface area contributed by atoms with E-state index >= 15 is 0 Å². The highest BCUT2D eigenvalue weighted by molar-refractivity contribution is 9.10. The number of nitrogens with one attached hydrogen (secondary N) is 1. The maximum atomic E-state index is 13.7. The van der Waals surface area contributed by atoms with Crippen LogP contribution in [0.5, 0.6) is 11.5 Å². The van der Waals surface area contributed by atoms with E-state index < -0.39 is 11.7 Å². The van der Waals surface area contributed by atoms with Crippen LogP contribution in [-0.2, 0) is 4.79 Å². The van der Waals surface area contributed by atoms with Gasteiger partial charge in [-0.05, 0) is 51.8 Å². The first-order valence-corrected chi connectivity index (χ1v) is 8.41. The standard InChI is InChI=1S/C20H14BrFN2O3/c1-3-8-27-19-15(21)10-13(11-18(19)26-2)9-14(12-23)20(25)24-17-7-5-4-6-16(17)22/h1,4-7,9-11H,8H2,2H3,(H,24,25)/b14-9+. The molecule has 2 aromatic carbocycles. The fraction of sp³-hybridized carbons (Fsp3) is 0.100. The van der Waals surface area contributed by atoms with E-state index in [1.54, 1.807) is 18.2 Å². The van der Waals surface area contributed by atoms with E-state index in [0.29, 0.717) is 21.5 Å². The van der Waals surface area contributed by atoms with E-state index in [4.69, 9.17) is 15.9 Å². The van der Waals surface area contributed by atoms with E-state index in [0.717, 1.165) is 0 Å².